The molecule has 0 spiro atoms. The van der Waals surface area contributed by atoms with Crippen molar-refractivity contribution in [3.05, 3.63) is 0 Å². The van der Waals surface area contributed by atoms with E-state index in [9.17, 15) is 9.59 Å². The molecule has 0 aromatic rings. The molecule has 1 saturated heterocycles. The van der Waals surface area contributed by atoms with Crippen LogP contribution in [0.1, 0.15) is 46.0 Å². The third-order valence-corrected chi connectivity index (χ3v) is 4.79. The van der Waals surface area contributed by atoms with E-state index in [2.05, 4.69) is 10.2 Å². The zero-order chi connectivity index (χ0) is 16.1. The smallest absolute Gasteiger partial charge is 0.237 e. The Hall–Kier alpha value is -0.560. The quantitative estimate of drug-likeness (QED) is 0.747. The molecule has 142 valence electrons. The summed E-state index contributed by atoms with van der Waals surface area (Å²) in [6.07, 6.45) is 5.06. The first-order valence-electron chi connectivity index (χ1n) is 8.55. The summed E-state index contributed by atoms with van der Waals surface area (Å²) in [6, 6.07) is 0.150. The second-order valence-electron chi connectivity index (χ2n) is 6.76. The SMILES string of the molecule is CC(N)CC(=O)N1CCN(C(C)C(=O)NC2CCCC2)CC1.Cl.Cl. The Morgan fingerprint density at radius 3 is 2.12 bits per heavy atom. The molecule has 2 amide bonds. The molecule has 0 aromatic heterocycles. The van der Waals surface area contributed by atoms with E-state index >= 15 is 0 Å². The number of nitrogens with one attached hydrogen (secondary N) is 1. The largest absolute Gasteiger partial charge is 0.352 e. The predicted octanol–water partition coefficient (Wildman–Crippen LogP) is 1.16. The van der Waals surface area contributed by atoms with E-state index in [1.54, 1.807) is 0 Å². The molecule has 6 nitrogen and oxygen atoms in total. The summed E-state index contributed by atoms with van der Waals surface area (Å²) in [5.74, 6) is 0.250. The van der Waals surface area contributed by atoms with Crippen molar-refractivity contribution in [1.29, 1.82) is 0 Å². The maximum atomic E-state index is 12.3. The van der Waals surface area contributed by atoms with Gasteiger partial charge in [0.25, 0.3) is 0 Å². The summed E-state index contributed by atoms with van der Waals surface area (Å²) in [4.78, 5) is 28.3. The van der Waals surface area contributed by atoms with Gasteiger partial charge in [-0.05, 0) is 26.7 Å². The van der Waals surface area contributed by atoms with Crippen molar-refractivity contribution in [2.24, 2.45) is 5.73 Å². The van der Waals surface area contributed by atoms with E-state index in [1.165, 1.54) is 12.8 Å². The Kier molecular flexibility index (Phi) is 10.9. The second-order valence-corrected chi connectivity index (χ2v) is 6.76. The number of hydrogen-bond donors (Lipinski definition) is 2. The predicted molar refractivity (Wildman–Crippen MR) is 101 cm³/mol. The van der Waals surface area contributed by atoms with Crippen LogP contribution in [-0.4, -0.2) is 65.9 Å². The van der Waals surface area contributed by atoms with Crippen LogP contribution in [0.3, 0.4) is 0 Å². The van der Waals surface area contributed by atoms with Crippen molar-refractivity contribution < 1.29 is 9.59 Å². The first-order chi connectivity index (χ1) is 10.5. The lowest BCUT2D eigenvalue weighted by molar-refractivity contribution is -0.134. The summed E-state index contributed by atoms with van der Waals surface area (Å²) in [5.41, 5.74) is 5.68. The molecule has 2 aliphatic rings. The molecule has 2 unspecified atom stereocenters. The molecule has 3 N–H and O–H groups in total. The third kappa shape index (κ3) is 6.75. The van der Waals surface area contributed by atoms with Gasteiger partial charge in [0, 0.05) is 44.7 Å². The molecular formula is C16H32Cl2N4O2. The first kappa shape index (κ1) is 23.4. The van der Waals surface area contributed by atoms with Gasteiger partial charge in [-0.2, -0.15) is 0 Å². The molecule has 2 rings (SSSR count). The average molecular weight is 383 g/mol. The lowest BCUT2D eigenvalue weighted by Gasteiger charge is -2.38. The van der Waals surface area contributed by atoms with Gasteiger partial charge in [0.15, 0.2) is 0 Å². The number of amides is 2. The van der Waals surface area contributed by atoms with E-state index in [0.717, 1.165) is 25.9 Å². The van der Waals surface area contributed by atoms with Crippen LogP contribution in [0.2, 0.25) is 0 Å². The maximum absolute atomic E-state index is 12.3. The summed E-state index contributed by atoms with van der Waals surface area (Å²) in [7, 11) is 0. The molecular weight excluding hydrogens is 351 g/mol. The zero-order valence-electron chi connectivity index (χ0n) is 14.7. The van der Waals surface area contributed by atoms with Crippen LogP contribution in [0.15, 0.2) is 0 Å². The van der Waals surface area contributed by atoms with Crippen LogP contribution >= 0.6 is 24.8 Å². The first-order valence-corrected chi connectivity index (χ1v) is 8.55. The van der Waals surface area contributed by atoms with E-state index in [1.807, 2.05) is 18.7 Å². The van der Waals surface area contributed by atoms with Crippen LogP contribution in [0.25, 0.3) is 0 Å². The van der Waals surface area contributed by atoms with E-state index < -0.39 is 0 Å². The third-order valence-electron chi connectivity index (χ3n) is 4.79. The van der Waals surface area contributed by atoms with Crippen molar-refractivity contribution in [2.75, 3.05) is 26.2 Å². The van der Waals surface area contributed by atoms with Crippen molar-refractivity contribution >= 4 is 36.6 Å². The van der Waals surface area contributed by atoms with E-state index in [0.29, 0.717) is 25.6 Å². The van der Waals surface area contributed by atoms with Crippen LogP contribution in [0.5, 0.6) is 0 Å². The highest BCUT2D eigenvalue weighted by molar-refractivity contribution is 5.85. The number of nitrogens with two attached hydrogens (primary N) is 1. The number of halogens is 2. The van der Waals surface area contributed by atoms with Crippen molar-refractivity contribution in [3.8, 4) is 0 Å². The summed E-state index contributed by atoms with van der Waals surface area (Å²) in [5, 5.41) is 3.16. The molecule has 0 aromatic carbocycles. The fourth-order valence-electron chi connectivity index (χ4n) is 3.32. The second kappa shape index (κ2) is 11.1. The topological polar surface area (TPSA) is 78.7 Å². The molecule has 2 atom stereocenters. The van der Waals surface area contributed by atoms with Gasteiger partial charge in [0.05, 0.1) is 6.04 Å². The molecule has 8 heteroatoms. The fourth-order valence-corrected chi connectivity index (χ4v) is 3.32. The highest BCUT2D eigenvalue weighted by atomic mass is 35.5. The van der Waals surface area contributed by atoms with Crippen LogP contribution in [0, 0.1) is 0 Å². The Bertz CT molecular complexity index is 396. The molecule has 0 radical (unpaired) electrons. The Morgan fingerprint density at radius 1 is 1.08 bits per heavy atom. The van der Waals surface area contributed by atoms with Crippen molar-refractivity contribution in [3.63, 3.8) is 0 Å². The Morgan fingerprint density at radius 2 is 1.62 bits per heavy atom. The molecule has 1 heterocycles. The van der Waals surface area contributed by atoms with Crippen LogP contribution < -0.4 is 11.1 Å². The van der Waals surface area contributed by atoms with Gasteiger partial charge >= 0.3 is 0 Å². The van der Waals surface area contributed by atoms with Gasteiger partial charge < -0.3 is 16.0 Å². The average Bonchev–Trinajstić information content (AvgIpc) is 2.98. The number of nitrogens with zero attached hydrogens (tertiary/aromatic N) is 2. The standard InChI is InChI=1S/C16H30N4O2.2ClH/c1-12(17)11-15(21)20-9-7-19(8-10-20)13(2)16(22)18-14-5-3-4-6-14;;/h12-14H,3-11,17H2,1-2H3,(H,18,22);2*1H. The van der Waals surface area contributed by atoms with E-state index in [-0.39, 0.29) is 48.7 Å². The Balaban J connectivity index is 0.00000264. The normalized spacial score (nSPS) is 21.4. The number of hydrogen-bond acceptors (Lipinski definition) is 4. The molecule has 24 heavy (non-hydrogen) atoms. The van der Waals surface area contributed by atoms with Crippen molar-refractivity contribution in [2.45, 2.75) is 64.1 Å². The monoisotopic (exact) mass is 382 g/mol. The minimum absolute atomic E-state index is 0. The molecule has 2 fully saturated rings. The van der Waals surface area contributed by atoms with E-state index in [4.69, 9.17) is 5.73 Å². The summed E-state index contributed by atoms with van der Waals surface area (Å²) >= 11 is 0. The van der Waals surface area contributed by atoms with Gasteiger partial charge in [0.2, 0.25) is 11.8 Å². The van der Waals surface area contributed by atoms with Gasteiger partial charge in [-0.3, -0.25) is 14.5 Å². The highest BCUT2D eigenvalue weighted by Gasteiger charge is 2.29. The van der Waals surface area contributed by atoms with Gasteiger partial charge in [0.1, 0.15) is 0 Å². The summed E-state index contributed by atoms with van der Waals surface area (Å²) in [6.45, 7) is 6.69. The van der Waals surface area contributed by atoms with Crippen LogP contribution in [-0.2, 0) is 9.59 Å². The molecule has 1 saturated carbocycles. The fraction of sp³-hybridized carbons (Fsp3) is 0.875. The number of piperazine rings is 1. The van der Waals surface area contributed by atoms with Gasteiger partial charge in [-0.25, -0.2) is 0 Å². The lowest BCUT2D eigenvalue weighted by atomic mass is 10.1. The van der Waals surface area contributed by atoms with Crippen LogP contribution in [0.4, 0.5) is 0 Å². The van der Waals surface area contributed by atoms with Gasteiger partial charge in [-0.1, -0.05) is 12.8 Å². The van der Waals surface area contributed by atoms with Crippen molar-refractivity contribution in [1.82, 2.24) is 15.1 Å². The summed E-state index contributed by atoms with van der Waals surface area (Å²) < 4.78 is 0. The molecule has 1 aliphatic heterocycles. The molecule has 0 bridgehead atoms. The maximum Gasteiger partial charge on any atom is 0.237 e. The molecule has 1 aliphatic carbocycles. The Labute approximate surface area is 157 Å². The number of carbonyl (C=O) groups is 2. The number of carbonyl (C=O) groups excluding carboxylic acids is 2. The number of rotatable bonds is 5. The highest BCUT2D eigenvalue weighted by Crippen LogP contribution is 2.18. The lowest BCUT2D eigenvalue weighted by Crippen LogP contribution is -2.56. The zero-order valence-corrected chi connectivity index (χ0v) is 16.3. The van der Waals surface area contributed by atoms with Gasteiger partial charge in [-0.15, -0.1) is 24.8 Å². The minimum atomic E-state index is -0.119. The minimum Gasteiger partial charge on any atom is -0.352 e.